The Morgan fingerprint density at radius 2 is 1.80 bits per heavy atom. The maximum atomic E-state index is 12.5. The van der Waals surface area contributed by atoms with Crippen LogP contribution in [0.1, 0.15) is 23.2 Å². The number of pyridine rings is 1. The highest BCUT2D eigenvalue weighted by molar-refractivity contribution is 5.90. The van der Waals surface area contributed by atoms with Crippen molar-refractivity contribution in [2.45, 2.75) is 27.2 Å². The number of hydrogen-bond acceptors (Lipinski definition) is 4. The van der Waals surface area contributed by atoms with Gasteiger partial charge >= 0.3 is 0 Å². The van der Waals surface area contributed by atoms with Gasteiger partial charge in [-0.15, -0.1) is 0 Å². The standard InChI is InChI=1S/C24H24N4O2/c1-16-8-10-19(11-9-16)30-13-12-24(29)26-23-15-18(3)27-28(23)22-14-17(2)20-6-4-5-7-21(20)25-22/h4-11,14-15H,12-13H2,1-3H3,(H,26,29). The van der Waals surface area contributed by atoms with Gasteiger partial charge < -0.3 is 10.1 Å². The Hall–Kier alpha value is -3.67. The summed E-state index contributed by atoms with van der Waals surface area (Å²) >= 11 is 0. The highest BCUT2D eigenvalue weighted by Crippen LogP contribution is 2.22. The Kier molecular flexibility index (Phi) is 5.48. The molecule has 2 heterocycles. The summed E-state index contributed by atoms with van der Waals surface area (Å²) in [6.45, 7) is 6.26. The molecule has 6 heteroatoms. The number of benzene rings is 2. The summed E-state index contributed by atoms with van der Waals surface area (Å²) in [5.74, 6) is 1.88. The van der Waals surface area contributed by atoms with Crippen molar-refractivity contribution in [3.63, 3.8) is 0 Å². The fourth-order valence-electron chi connectivity index (χ4n) is 3.30. The number of aryl methyl sites for hydroxylation is 3. The van der Waals surface area contributed by atoms with Crippen LogP contribution >= 0.6 is 0 Å². The molecule has 1 amide bonds. The molecule has 152 valence electrons. The Morgan fingerprint density at radius 1 is 1.03 bits per heavy atom. The molecule has 1 N–H and O–H groups in total. The van der Waals surface area contributed by atoms with E-state index in [1.165, 1.54) is 5.56 Å². The van der Waals surface area contributed by atoms with Gasteiger partial charge in [0.1, 0.15) is 11.6 Å². The molecule has 6 nitrogen and oxygen atoms in total. The molecule has 0 atom stereocenters. The second-order valence-corrected chi connectivity index (χ2v) is 7.36. The molecular weight excluding hydrogens is 376 g/mol. The van der Waals surface area contributed by atoms with Gasteiger partial charge in [-0.25, -0.2) is 4.98 Å². The SMILES string of the molecule is Cc1ccc(OCCC(=O)Nc2cc(C)nn2-c2cc(C)c3ccccc3n2)cc1. The lowest BCUT2D eigenvalue weighted by Crippen LogP contribution is -2.18. The van der Waals surface area contributed by atoms with E-state index in [0.717, 1.165) is 27.9 Å². The van der Waals surface area contributed by atoms with Crippen LogP contribution < -0.4 is 10.1 Å². The van der Waals surface area contributed by atoms with Gasteiger partial charge in [0.05, 0.1) is 24.2 Å². The minimum atomic E-state index is -0.138. The topological polar surface area (TPSA) is 69.0 Å². The number of hydrogen-bond donors (Lipinski definition) is 1. The van der Waals surface area contributed by atoms with Crippen LogP contribution in [0, 0.1) is 20.8 Å². The smallest absolute Gasteiger partial charge is 0.228 e. The highest BCUT2D eigenvalue weighted by Gasteiger charge is 2.13. The van der Waals surface area contributed by atoms with Crippen molar-refractivity contribution in [2.75, 3.05) is 11.9 Å². The zero-order chi connectivity index (χ0) is 21.1. The van der Waals surface area contributed by atoms with Crippen molar-refractivity contribution in [1.29, 1.82) is 0 Å². The molecule has 0 fully saturated rings. The number of aromatic nitrogens is 3. The van der Waals surface area contributed by atoms with E-state index < -0.39 is 0 Å². The summed E-state index contributed by atoms with van der Waals surface area (Å²) in [6, 6.07) is 19.6. The van der Waals surface area contributed by atoms with Crippen molar-refractivity contribution < 1.29 is 9.53 Å². The van der Waals surface area contributed by atoms with E-state index in [1.54, 1.807) is 4.68 Å². The summed E-state index contributed by atoms with van der Waals surface area (Å²) in [7, 11) is 0. The van der Waals surface area contributed by atoms with E-state index in [4.69, 9.17) is 9.72 Å². The molecule has 0 spiro atoms. The van der Waals surface area contributed by atoms with Gasteiger partial charge in [0.15, 0.2) is 5.82 Å². The van der Waals surface area contributed by atoms with Gasteiger partial charge in [0.2, 0.25) is 5.91 Å². The first-order valence-electron chi connectivity index (χ1n) is 9.92. The number of nitrogens with zero attached hydrogens (tertiary/aromatic N) is 3. The second-order valence-electron chi connectivity index (χ2n) is 7.36. The molecule has 0 aliphatic rings. The Morgan fingerprint density at radius 3 is 2.60 bits per heavy atom. The number of carbonyl (C=O) groups is 1. The third-order valence-corrected chi connectivity index (χ3v) is 4.84. The van der Waals surface area contributed by atoms with Crippen LogP contribution in [-0.2, 0) is 4.79 Å². The fourth-order valence-corrected chi connectivity index (χ4v) is 3.30. The van der Waals surface area contributed by atoms with E-state index in [2.05, 4.69) is 10.4 Å². The number of fused-ring (bicyclic) bond motifs is 1. The van der Waals surface area contributed by atoms with E-state index in [9.17, 15) is 4.79 Å². The van der Waals surface area contributed by atoms with Gasteiger partial charge in [-0.1, -0.05) is 35.9 Å². The van der Waals surface area contributed by atoms with Gasteiger partial charge in [0, 0.05) is 11.5 Å². The highest BCUT2D eigenvalue weighted by atomic mass is 16.5. The van der Waals surface area contributed by atoms with Crippen LogP contribution in [0.15, 0.2) is 60.7 Å². The lowest BCUT2D eigenvalue weighted by Gasteiger charge is -2.11. The second kappa shape index (κ2) is 8.37. The number of anilines is 1. The molecule has 4 rings (SSSR count). The Labute approximate surface area is 175 Å². The first-order valence-corrected chi connectivity index (χ1v) is 9.92. The summed E-state index contributed by atoms with van der Waals surface area (Å²) < 4.78 is 7.33. The molecule has 2 aromatic heterocycles. The minimum Gasteiger partial charge on any atom is -0.493 e. The first kappa shape index (κ1) is 19.6. The molecule has 0 saturated carbocycles. The third kappa shape index (κ3) is 4.33. The number of rotatable bonds is 6. The molecule has 0 aliphatic carbocycles. The summed E-state index contributed by atoms with van der Waals surface area (Å²) in [4.78, 5) is 17.2. The normalized spacial score (nSPS) is 10.9. The van der Waals surface area contributed by atoms with E-state index >= 15 is 0 Å². The number of nitrogens with one attached hydrogen (secondary N) is 1. The first-order chi connectivity index (χ1) is 14.5. The molecule has 2 aromatic carbocycles. The summed E-state index contributed by atoms with van der Waals surface area (Å²) in [5.41, 5.74) is 3.96. The average molecular weight is 400 g/mol. The zero-order valence-corrected chi connectivity index (χ0v) is 17.3. The van der Waals surface area contributed by atoms with Gasteiger partial charge in [-0.05, 0) is 50.6 Å². The molecule has 0 radical (unpaired) electrons. The van der Waals surface area contributed by atoms with E-state index in [0.29, 0.717) is 18.2 Å². The fraction of sp³-hybridized carbons (Fsp3) is 0.208. The maximum absolute atomic E-state index is 12.5. The van der Waals surface area contributed by atoms with Crippen LogP contribution in [0.5, 0.6) is 5.75 Å². The lowest BCUT2D eigenvalue weighted by atomic mass is 10.1. The van der Waals surface area contributed by atoms with Crippen molar-refractivity contribution in [2.24, 2.45) is 0 Å². The monoisotopic (exact) mass is 400 g/mol. The van der Waals surface area contributed by atoms with Crippen LogP contribution in [0.3, 0.4) is 0 Å². The van der Waals surface area contributed by atoms with Crippen LogP contribution in [-0.4, -0.2) is 27.3 Å². The Balaban J connectivity index is 1.48. The number of carbonyl (C=O) groups excluding carboxylic acids is 1. The van der Waals surface area contributed by atoms with E-state index in [1.807, 2.05) is 81.4 Å². The maximum Gasteiger partial charge on any atom is 0.228 e. The van der Waals surface area contributed by atoms with Gasteiger partial charge in [-0.2, -0.15) is 9.78 Å². The quantitative estimate of drug-likeness (QED) is 0.507. The number of amides is 1. The molecule has 0 saturated heterocycles. The zero-order valence-electron chi connectivity index (χ0n) is 17.3. The molecule has 0 aliphatic heterocycles. The average Bonchev–Trinajstić information content (AvgIpc) is 3.09. The third-order valence-electron chi connectivity index (χ3n) is 4.84. The van der Waals surface area contributed by atoms with Crippen LogP contribution in [0.4, 0.5) is 5.82 Å². The molecule has 30 heavy (non-hydrogen) atoms. The van der Waals surface area contributed by atoms with Crippen molar-refractivity contribution in [3.05, 3.63) is 77.5 Å². The lowest BCUT2D eigenvalue weighted by molar-refractivity contribution is -0.116. The van der Waals surface area contributed by atoms with Gasteiger partial charge in [0.25, 0.3) is 0 Å². The number of para-hydroxylation sites is 1. The van der Waals surface area contributed by atoms with Crippen molar-refractivity contribution in [3.8, 4) is 11.6 Å². The predicted molar refractivity (Wildman–Crippen MR) is 118 cm³/mol. The molecule has 0 bridgehead atoms. The molecular formula is C24H24N4O2. The van der Waals surface area contributed by atoms with Crippen LogP contribution in [0.2, 0.25) is 0 Å². The van der Waals surface area contributed by atoms with Crippen molar-refractivity contribution >= 4 is 22.6 Å². The predicted octanol–water partition coefficient (Wildman–Crippen LogP) is 4.75. The largest absolute Gasteiger partial charge is 0.493 e. The van der Waals surface area contributed by atoms with E-state index in [-0.39, 0.29) is 12.3 Å². The Bertz CT molecular complexity index is 1200. The molecule has 0 unspecified atom stereocenters. The summed E-state index contributed by atoms with van der Waals surface area (Å²) in [5, 5.41) is 8.56. The van der Waals surface area contributed by atoms with Crippen molar-refractivity contribution in [1.82, 2.24) is 14.8 Å². The van der Waals surface area contributed by atoms with Crippen LogP contribution in [0.25, 0.3) is 16.7 Å². The van der Waals surface area contributed by atoms with Gasteiger partial charge in [-0.3, -0.25) is 4.79 Å². The molecule has 4 aromatic rings. The number of ether oxygens (including phenoxy) is 1. The summed E-state index contributed by atoms with van der Waals surface area (Å²) in [6.07, 6.45) is 0.238. The minimum absolute atomic E-state index is 0.138.